The number of methoxy groups -OCH3 is 1. The van der Waals surface area contributed by atoms with Crippen molar-refractivity contribution in [3.8, 4) is 0 Å². The van der Waals surface area contributed by atoms with Gasteiger partial charge in [-0.3, -0.25) is 9.59 Å². The number of ether oxygens (including phenoxy) is 1. The van der Waals surface area contributed by atoms with Crippen molar-refractivity contribution in [2.75, 3.05) is 20.3 Å². The summed E-state index contributed by atoms with van der Waals surface area (Å²) in [6, 6.07) is 0. The molecule has 1 saturated carbocycles. The van der Waals surface area contributed by atoms with Gasteiger partial charge >= 0.3 is 5.97 Å². The minimum Gasteiger partial charge on any atom is -0.481 e. The van der Waals surface area contributed by atoms with E-state index in [0.29, 0.717) is 13.2 Å². The van der Waals surface area contributed by atoms with E-state index in [1.54, 1.807) is 7.11 Å². The Morgan fingerprint density at radius 1 is 1.41 bits per heavy atom. The molecule has 5 heteroatoms. The Labute approximate surface area is 102 Å². The standard InChI is InChI=1S/C12H21NO4/c1-7(6-17-4)5-13-10(14)8-9(11(15)16)12(8,2)3/h7-9H,5-6H2,1-4H3,(H,13,14)(H,15,16). The van der Waals surface area contributed by atoms with Crippen molar-refractivity contribution in [1.82, 2.24) is 5.32 Å². The molecule has 0 bridgehead atoms. The average molecular weight is 243 g/mol. The number of nitrogens with one attached hydrogen (secondary N) is 1. The van der Waals surface area contributed by atoms with Crippen LogP contribution in [0.1, 0.15) is 20.8 Å². The maximum atomic E-state index is 11.8. The van der Waals surface area contributed by atoms with Gasteiger partial charge in [-0.05, 0) is 11.3 Å². The van der Waals surface area contributed by atoms with E-state index in [1.807, 2.05) is 20.8 Å². The van der Waals surface area contributed by atoms with E-state index in [4.69, 9.17) is 9.84 Å². The van der Waals surface area contributed by atoms with Crippen molar-refractivity contribution in [3.05, 3.63) is 0 Å². The van der Waals surface area contributed by atoms with E-state index in [-0.39, 0.29) is 11.8 Å². The van der Waals surface area contributed by atoms with Crippen molar-refractivity contribution < 1.29 is 19.4 Å². The van der Waals surface area contributed by atoms with Crippen LogP contribution in [0.5, 0.6) is 0 Å². The van der Waals surface area contributed by atoms with Gasteiger partial charge in [0.25, 0.3) is 0 Å². The third-order valence-corrected chi connectivity index (χ3v) is 3.45. The zero-order chi connectivity index (χ0) is 13.2. The van der Waals surface area contributed by atoms with Crippen LogP contribution in [0.15, 0.2) is 0 Å². The predicted octanol–water partition coefficient (Wildman–Crippen LogP) is 0.742. The SMILES string of the molecule is COCC(C)CNC(=O)C1C(C(=O)O)C1(C)C. The van der Waals surface area contributed by atoms with Crippen molar-refractivity contribution in [2.45, 2.75) is 20.8 Å². The quantitative estimate of drug-likeness (QED) is 0.721. The fourth-order valence-electron chi connectivity index (χ4n) is 2.32. The van der Waals surface area contributed by atoms with Gasteiger partial charge in [-0.25, -0.2) is 0 Å². The van der Waals surface area contributed by atoms with E-state index in [1.165, 1.54) is 0 Å². The Balaban J connectivity index is 2.43. The highest BCUT2D eigenvalue weighted by Crippen LogP contribution is 2.58. The summed E-state index contributed by atoms with van der Waals surface area (Å²) in [7, 11) is 1.61. The van der Waals surface area contributed by atoms with Crippen LogP contribution in [-0.4, -0.2) is 37.2 Å². The molecular formula is C12H21NO4. The van der Waals surface area contributed by atoms with Gasteiger partial charge in [0.05, 0.1) is 18.4 Å². The van der Waals surface area contributed by atoms with Gasteiger partial charge in [-0.1, -0.05) is 20.8 Å². The van der Waals surface area contributed by atoms with Crippen molar-refractivity contribution in [2.24, 2.45) is 23.2 Å². The summed E-state index contributed by atoms with van der Waals surface area (Å²) in [5.41, 5.74) is -0.430. The van der Waals surface area contributed by atoms with Gasteiger partial charge in [0.1, 0.15) is 0 Å². The maximum Gasteiger partial charge on any atom is 0.307 e. The number of carbonyl (C=O) groups is 2. The lowest BCUT2D eigenvalue weighted by molar-refractivity contribution is -0.140. The number of rotatable bonds is 6. The number of amides is 1. The first kappa shape index (κ1) is 14.0. The third kappa shape index (κ3) is 2.97. The second-order valence-electron chi connectivity index (χ2n) is 5.42. The van der Waals surface area contributed by atoms with Crippen molar-refractivity contribution in [1.29, 1.82) is 0 Å². The molecule has 0 spiro atoms. The molecule has 0 aromatic heterocycles. The highest BCUT2D eigenvalue weighted by atomic mass is 16.5. The number of carboxylic acids is 1. The Morgan fingerprint density at radius 3 is 2.41 bits per heavy atom. The first-order valence-electron chi connectivity index (χ1n) is 5.81. The molecule has 0 aromatic carbocycles. The van der Waals surface area contributed by atoms with Gasteiger partial charge in [-0.2, -0.15) is 0 Å². The molecular weight excluding hydrogens is 222 g/mol. The third-order valence-electron chi connectivity index (χ3n) is 3.45. The van der Waals surface area contributed by atoms with Crippen molar-refractivity contribution in [3.63, 3.8) is 0 Å². The molecule has 1 aliphatic carbocycles. The van der Waals surface area contributed by atoms with E-state index < -0.39 is 23.2 Å². The Hall–Kier alpha value is -1.10. The largest absolute Gasteiger partial charge is 0.481 e. The second-order valence-corrected chi connectivity index (χ2v) is 5.42. The molecule has 0 saturated heterocycles. The molecule has 1 fully saturated rings. The fraction of sp³-hybridized carbons (Fsp3) is 0.833. The molecule has 1 aliphatic rings. The molecule has 5 nitrogen and oxygen atoms in total. The van der Waals surface area contributed by atoms with Crippen LogP contribution in [0.3, 0.4) is 0 Å². The van der Waals surface area contributed by atoms with Crippen LogP contribution in [0.4, 0.5) is 0 Å². The zero-order valence-corrected chi connectivity index (χ0v) is 10.8. The number of carboxylic acid groups (broad SMARTS) is 1. The second kappa shape index (κ2) is 5.04. The highest BCUT2D eigenvalue weighted by Gasteiger charge is 2.65. The van der Waals surface area contributed by atoms with Crippen molar-refractivity contribution >= 4 is 11.9 Å². The Morgan fingerprint density at radius 2 is 2.00 bits per heavy atom. The molecule has 0 radical (unpaired) electrons. The summed E-state index contributed by atoms with van der Waals surface area (Å²) in [6.45, 7) is 6.70. The van der Waals surface area contributed by atoms with Crippen LogP contribution in [0.2, 0.25) is 0 Å². The van der Waals surface area contributed by atoms with Gasteiger partial charge in [0.15, 0.2) is 0 Å². The number of aliphatic carboxylic acids is 1. The van der Waals surface area contributed by atoms with Crippen LogP contribution >= 0.6 is 0 Å². The van der Waals surface area contributed by atoms with E-state index in [0.717, 1.165) is 0 Å². The van der Waals surface area contributed by atoms with Crippen LogP contribution in [0.25, 0.3) is 0 Å². The smallest absolute Gasteiger partial charge is 0.307 e. The lowest BCUT2D eigenvalue weighted by Gasteiger charge is -2.11. The summed E-state index contributed by atoms with van der Waals surface area (Å²) < 4.78 is 4.97. The first-order valence-corrected chi connectivity index (χ1v) is 5.81. The van der Waals surface area contributed by atoms with Gasteiger partial charge in [0, 0.05) is 13.7 Å². The van der Waals surface area contributed by atoms with E-state index in [2.05, 4.69) is 5.32 Å². The molecule has 0 aromatic rings. The van der Waals surface area contributed by atoms with Gasteiger partial charge in [0.2, 0.25) is 5.91 Å². The lowest BCUT2D eigenvalue weighted by atomic mass is 10.1. The lowest BCUT2D eigenvalue weighted by Crippen LogP contribution is -2.32. The molecule has 17 heavy (non-hydrogen) atoms. The average Bonchev–Trinajstić information content (AvgIpc) is 2.79. The molecule has 3 unspecified atom stereocenters. The molecule has 1 rings (SSSR count). The molecule has 0 heterocycles. The number of hydrogen-bond donors (Lipinski definition) is 2. The monoisotopic (exact) mass is 243 g/mol. The van der Waals surface area contributed by atoms with Crippen LogP contribution in [0, 0.1) is 23.2 Å². The molecule has 1 amide bonds. The normalized spacial score (nSPS) is 27.3. The predicted molar refractivity (Wildman–Crippen MR) is 62.4 cm³/mol. The Kier molecular flexibility index (Phi) is 4.14. The number of hydrogen-bond acceptors (Lipinski definition) is 3. The number of carbonyl (C=O) groups excluding carboxylic acids is 1. The molecule has 98 valence electrons. The van der Waals surface area contributed by atoms with Gasteiger partial charge in [-0.15, -0.1) is 0 Å². The van der Waals surface area contributed by atoms with E-state index >= 15 is 0 Å². The van der Waals surface area contributed by atoms with Gasteiger partial charge < -0.3 is 15.2 Å². The molecule has 3 atom stereocenters. The summed E-state index contributed by atoms with van der Waals surface area (Å²) in [6.07, 6.45) is 0. The minimum absolute atomic E-state index is 0.162. The summed E-state index contributed by atoms with van der Waals surface area (Å²) >= 11 is 0. The topological polar surface area (TPSA) is 75.6 Å². The summed E-state index contributed by atoms with van der Waals surface area (Å²) in [4.78, 5) is 22.8. The molecule has 2 N–H and O–H groups in total. The zero-order valence-electron chi connectivity index (χ0n) is 10.8. The highest BCUT2D eigenvalue weighted by molar-refractivity contribution is 5.91. The van der Waals surface area contributed by atoms with Crippen LogP contribution < -0.4 is 5.32 Å². The summed E-state index contributed by atoms with van der Waals surface area (Å²) in [5.74, 6) is -1.78. The van der Waals surface area contributed by atoms with E-state index in [9.17, 15) is 9.59 Å². The minimum atomic E-state index is -0.889. The first-order chi connectivity index (χ1) is 7.82. The summed E-state index contributed by atoms with van der Waals surface area (Å²) in [5, 5.41) is 11.8. The molecule has 0 aliphatic heterocycles. The fourth-order valence-corrected chi connectivity index (χ4v) is 2.32. The van der Waals surface area contributed by atoms with Crippen LogP contribution in [-0.2, 0) is 14.3 Å². The maximum absolute atomic E-state index is 11.8. The Bertz CT molecular complexity index is 314.